The van der Waals surface area contributed by atoms with E-state index in [1.54, 1.807) is 12.3 Å². The fourth-order valence-corrected chi connectivity index (χ4v) is 2.90. The molecular weight excluding hydrogens is 472 g/mol. The third-order valence-electron chi connectivity index (χ3n) is 4.29. The maximum Gasteiger partial charge on any atom is 0.191 e. The van der Waals surface area contributed by atoms with Crippen LogP contribution < -0.4 is 15.5 Å². The fourth-order valence-electron chi connectivity index (χ4n) is 2.90. The quantitative estimate of drug-likeness (QED) is 0.364. The van der Waals surface area contributed by atoms with Gasteiger partial charge in [-0.25, -0.2) is 9.38 Å². The number of benzene rings is 1. The summed E-state index contributed by atoms with van der Waals surface area (Å²) in [7, 11) is 0. The molecule has 1 fully saturated rings. The number of hydrogen-bond acceptors (Lipinski definition) is 4. The molecule has 6 nitrogen and oxygen atoms in total. The molecule has 1 saturated heterocycles. The standard InChI is InChI=1S/C20H26FN5O.HI/c1-2-22-20(25-15-17-5-3-4-8-23-17)24-14-16-6-7-19(18(21)13-16)26-9-11-27-12-10-26;/h3-8,13H,2,9-12,14-15H2,1H3,(H2,22,24,25);1H. The van der Waals surface area contributed by atoms with E-state index in [4.69, 9.17) is 4.74 Å². The minimum atomic E-state index is -0.212. The summed E-state index contributed by atoms with van der Waals surface area (Å²) in [5.41, 5.74) is 2.40. The largest absolute Gasteiger partial charge is 0.378 e. The maximum absolute atomic E-state index is 14.5. The zero-order chi connectivity index (χ0) is 18.9. The first kappa shape index (κ1) is 22.4. The van der Waals surface area contributed by atoms with Crippen LogP contribution >= 0.6 is 24.0 Å². The van der Waals surface area contributed by atoms with Crippen molar-refractivity contribution in [1.29, 1.82) is 0 Å². The molecule has 1 aromatic carbocycles. The maximum atomic E-state index is 14.5. The van der Waals surface area contributed by atoms with Crippen LogP contribution in [0.3, 0.4) is 0 Å². The molecule has 2 N–H and O–H groups in total. The van der Waals surface area contributed by atoms with Crippen LogP contribution in [0.15, 0.2) is 47.6 Å². The van der Waals surface area contributed by atoms with Crippen LogP contribution in [-0.2, 0) is 17.8 Å². The third kappa shape index (κ3) is 6.59. The van der Waals surface area contributed by atoms with Crippen molar-refractivity contribution in [2.75, 3.05) is 37.7 Å². The lowest BCUT2D eigenvalue weighted by Crippen LogP contribution is -2.37. The molecule has 1 aliphatic rings. The Morgan fingerprint density at radius 3 is 2.71 bits per heavy atom. The smallest absolute Gasteiger partial charge is 0.191 e. The summed E-state index contributed by atoms with van der Waals surface area (Å²) in [6, 6.07) is 11.1. The Hall–Kier alpha value is -1.94. The Balaban J connectivity index is 0.00000280. The number of rotatable bonds is 6. The van der Waals surface area contributed by atoms with E-state index in [9.17, 15) is 4.39 Å². The van der Waals surface area contributed by atoms with Crippen LogP contribution in [0.1, 0.15) is 18.2 Å². The zero-order valence-electron chi connectivity index (χ0n) is 16.0. The Morgan fingerprint density at radius 1 is 1.21 bits per heavy atom. The minimum absolute atomic E-state index is 0. The van der Waals surface area contributed by atoms with Crippen molar-refractivity contribution in [1.82, 2.24) is 15.6 Å². The number of ether oxygens (including phenoxy) is 1. The molecule has 1 aliphatic heterocycles. The fraction of sp³-hybridized carbons (Fsp3) is 0.400. The first-order chi connectivity index (χ1) is 13.3. The Kier molecular flexibility index (Phi) is 9.42. The van der Waals surface area contributed by atoms with E-state index in [0.717, 1.165) is 30.9 Å². The highest BCUT2D eigenvalue weighted by Gasteiger charge is 2.15. The van der Waals surface area contributed by atoms with E-state index < -0.39 is 0 Å². The lowest BCUT2D eigenvalue weighted by Gasteiger charge is -2.29. The van der Waals surface area contributed by atoms with Crippen LogP contribution in [0.5, 0.6) is 0 Å². The van der Waals surface area contributed by atoms with E-state index >= 15 is 0 Å². The van der Waals surface area contributed by atoms with Crippen molar-refractivity contribution >= 4 is 35.6 Å². The monoisotopic (exact) mass is 499 g/mol. The topological polar surface area (TPSA) is 61.8 Å². The average Bonchev–Trinajstić information content (AvgIpc) is 2.71. The van der Waals surface area contributed by atoms with Crippen molar-refractivity contribution in [2.24, 2.45) is 4.99 Å². The Labute approximate surface area is 182 Å². The number of hydrogen-bond donors (Lipinski definition) is 2. The molecule has 0 unspecified atom stereocenters. The van der Waals surface area contributed by atoms with E-state index in [2.05, 4.69) is 20.6 Å². The summed E-state index contributed by atoms with van der Waals surface area (Å²) in [4.78, 5) is 10.9. The summed E-state index contributed by atoms with van der Waals surface area (Å²) >= 11 is 0. The van der Waals surface area contributed by atoms with Crippen LogP contribution in [-0.4, -0.2) is 43.8 Å². The highest BCUT2D eigenvalue weighted by Crippen LogP contribution is 2.21. The molecule has 3 rings (SSSR count). The number of nitrogens with zero attached hydrogens (tertiary/aromatic N) is 3. The third-order valence-corrected chi connectivity index (χ3v) is 4.29. The van der Waals surface area contributed by atoms with E-state index in [1.165, 1.54) is 0 Å². The van der Waals surface area contributed by atoms with Crippen LogP contribution in [0.4, 0.5) is 10.1 Å². The van der Waals surface area contributed by atoms with Gasteiger partial charge in [0.05, 0.1) is 37.7 Å². The van der Waals surface area contributed by atoms with Crippen molar-refractivity contribution in [3.05, 3.63) is 59.7 Å². The van der Waals surface area contributed by atoms with Gasteiger partial charge in [0.15, 0.2) is 5.96 Å². The number of halogens is 2. The lowest BCUT2D eigenvalue weighted by molar-refractivity contribution is 0.122. The van der Waals surface area contributed by atoms with Gasteiger partial charge in [-0.15, -0.1) is 24.0 Å². The second-order valence-electron chi connectivity index (χ2n) is 6.25. The van der Waals surface area contributed by atoms with Gasteiger partial charge in [0.1, 0.15) is 5.82 Å². The first-order valence-corrected chi connectivity index (χ1v) is 9.29. The molecule has 0 spiro atoms. The van der Waals surface area contributed by atoms with Gasteiger partial charge in [-0.1, -0.05) is 12.1 Å². The molecule has 28 heavy (non-hydrogen) atoms. The molecule has 2 aromatic rings. The minimum Gasteiger partial charge on any atom is -0.378 e. The summed E-state index contributed by atoms with van der Waals surface area (Å²) in [5.74, 6) is 0.469. The molecular formula is C20H27FIN5O. The first-order valence-electron chi connectivity index (χ1n) is 9.29. The number of nitrogens with one attached hydrogen (secondary N) is 2. The van der Waals surface area contributed by atoms with Gasteiger partial charge >= 0.3 is 0 Å². The SMILES string of the molecule is CCNC(=NCc1ccc(N2CCOCC2)c(F)c1)NCc1ccccn1.I. The van der Waals surface area contributed by atoms with Gasteiger partial charge in [-0.3, -0.25) is 4.98 Å². The molecule has 0 amide bonds. The Morgan fingerprint density at radius 2 is 2.04 bits per heavy atom. The van der Waals surface area contributed by atoms with E-state index in [-0.39, 0.29) is 29.8 Å². The van der Waals surface area contributed by atoms with Gasteiger partial charge in [-0.05, 0) is 36.8 Å². The number of guanidine groups is 1. The number of anilines is 1. The number of morpholine rings is 1. The second-order valence-corrected chi connectivity index (χ2v) is 6.25. The molecule has 0 saturated carbocycles. The molecule has 0 radical (unpaired) electrons. The van der Waals surface area contributed by atoms with Crippen molar-refractivity contribution < 1.29 is 9.13 Å². The number of aromatic nitrogens is 1. The lowest BCUT2D eigenvalue weighted by atomic mass is 10.1. The average molecular weight is 499 g/mol. The normalized spacial score (nSPS) is 14.4. The van der Waals surface area contributed by atoms with Crippen LogP contribution in [0.2, 0.25) is 0 Å². The molecule has 0 atom stereocenters. The van der Waals surface area contributed by atoms with Gasteiger partial charge in [0.25, 0.3) is 0 Å². The number of pyridine rings is 1. The van der Waals surface area contributed by atoms with E-state index in [1.807, 2.05) is 42.2 Å². The zero-order valence-corrected chi connectivity index (χ0v) is 18.4. The van der Waals surface area contributed by atoms with Crippen LogP contribution in [0, 0.1) is 5.82 Å². The molecule has 2 heterocycles. The highest BCUT2D eigenvalue weighted by molar-refractivity contribution is 14.0. The van der Waals surface area contributed by atoms with Crippen molar-refractivity contribution in [3.63, 3.8) is 0 Å². The van der Waals surface area contributed by atoms with E-state index in [0.29, 0.717) is 38.0 Å². The molecule has 8 heteroatoms. The highest BCUT2D eigenvalue weighted by atomic mass is 127. The summed E-state index contributed by atoms with van der Waals surface area (Å²) in [6.45, 7) is 6.45. The predicted octanol–water partition coefficient (Wildman–Crippen LogP) is 2.93. The van der Waals surface area contributed by atoms with Gasteiger partial charge in [-0.2, -0.15) is 0 Å². The van der Waals surface area contributed by atoms with Gasteiger partial charge in [0.2, 0.25) is 0 Å². The number of aliphatic imine (C=N–C) groups is 1. The van der Waals surface area contributed by atoms with Crippen LogP contribution in [0.25, 0.3) is 0 Å². The summed E-state index contributed by atoms with van der Waals surface area (Å²) in [6.07, 6.45) is 1.76. The summed E-state index contributed by atoms with van der Waals surface area (Å²) in [5, 5.41) is 6.44. The molecule has 1 aromatic heterocycles. The molecule has 0 aliphatic carbocycles. The molecule has 152 valence electrons. The predicted molar refractivity (Wildman–Crippen MR) is 121 cm³/mol. The Bertz CT molecular complexity index is 754. The van der Waals surface area contributed by atoms with Crippen molar-refractivity contribution in [2.45, 2.75) is 20.0 Å². The van der Waals surface area contributed by atoms with Gasteiger partial charge < -0.3 is 20.3 Å². The second kappa shape index (κ2) is 11.8. The summed E-state index contributed by atoms with van der Waals surface area (Å²) < 4.78 is 19.8. The molecule has 0 bridgehead atoms. The van der Waals surface area contributed by atoms with Crippen molar-refractivity contribution in [3.8, 4) is 0 Å². The van der Waals surface area contributed by atoms with Gasteiger partial charge in [0, 0.05) is 25.8 Å².